The van der Waals surface area contributed by atoms with Gasteiger partial charge in [-0.05, 0) is 54.5 Å². The molecule has 2 aromatic rings. The van der Waals surface area contributed by atoms with Crippen molar-refractivity contribution in [1.29, 1.82) is 0 Å². The van der Waals surface area contributed by atoms with Crippen molar-refractivity contribution in [2.24, 2.45) is 5.92 Å². The number of nitrogens with zero attached hydrogens (tertiary/aromatic N) is 2. The van der Waals surface area contributed by atoms with Crippen molar-refractivity contribution in [3.8, 4) is 5.75 Å². The summed E-state index contributed by atoms with van der Waals surface area (Å²) < 4.78 is 5.81. The van der Waals surface area contributed by atoms with Crippen molar-refractivity contribution in [2.45, 2.75) is 46.5 Å². The van der Waals surface area contributed by atoms with Crippen LogP contribution in [0.1, 0.15) is 51.2 Å². The molecule has 0 fully saturated rings. The minimum Gasteiger partial charge on any atom is -0.493 e. The molecule has 2 aliphatic rings. The van der Waals surface area contributed by atoms with Crippen molar-refractivity contribution in [3.63, 3.8) is 0 Å². The number of aryl methyl sites for hydroxylation is 1. The molecular formula is C27H32N2O3. The van der Waals surface area contributed by atoms with Gasteiger partial charge >= 0.3 is 0 Å². The molecule has 2 heterocycles. The minimum atomic E-state index is -0.197. The number of carbonyl (C=O) groups is 2. The van der Waals surface area contributed by atoms with E-state index in [2.05, 4.69) is 37.8 Å². The van der Waals surface area contributed by atoms with Crippen LogP contribution >= 0.6 is 0 Å². The Morgan fingerprint density at radius 2 is 1.75 bits per heavy atom. The van der Waals surface area contributed by atoms with Crippen molar-refractivity contribution < 1.29 is 14.3 Å². The number of amides is 2. The van der Waals surface area contributed by atoms with Crippen LogP contribution in [0.15, 0.2) is 54.2 Å². The average Bonchev–Trinajstić information content (AvgIpc) is 3.05. The lowest BCUT2D eigenvalue weighted by Gasteiger charge is -2.32. The second-order valence-corrected chi connectivity index (χ2v) is 8.95. The second-order valence-electron chi connectivity index (χ2n) is 8.95. The number of hydrogen-bond acceptors (Lipinski definition) is 4. The molecule has 5 nitrogen and oxygen atoms in total. The molecule has 5 heteroatoms. The minimum absolute atomic E-state index is 0.185. The molecule has 0 spiro atoms. The predicted octanol–water partition coefficient (Wildman–Crippen LogP) is 5.05. The molecule has 0 N–H and O–H groups in total. The van der Waals surface area contributed by atoms with E-state index in [0.717, 1.165) is 49.2 Å². The van der Waals surface area contributed by atoms with E-state index in [1.54, 1.807) is 0 Å². The molecule has 0 saturated heterocycles. The van der Waals surface area contributed by atoms with E-state index in [1.807, 2.05) is 36.4 Å². The lowest BCUT2D eigenvalue weighted by atomic mass is 9.98. The number of fused-ring (bicyclic) bond motifs is 1. The molecule has 168 valence electrons. The summed E-state index contributed by atoms with van der Waals surface area (Å²) in [5, 5.41) is 0. The maximum Gasteiger partial charge on any atom is 0.278 e. The van der Waals surface area contributed by atoms with Crippen LogP contribution in [0, 0.1) is 5.92 Å². The number of carbonyl (C=O) groups excluding carboxylic acids is 2. The van der Waals surface area contributed by atoms with Gasteiger partial charge in [0.2, 0.25) is 0 Å². The third-order valence-electron chi connectivity index (χ3n) is 5.99. The first-order chi connectivity index (χ1) is 15.5. The fourth-order valence-corrected chi connectivity index (χ4v) is 4.34. The molecule has 4 rings (SSSR count). The first-order valence-corrected chi connectivity index (χ1v) is 11.7. The topological polar surface area (TPSA) is 49.9 Å². The number of benzene rings is 2. The Morgan fingerprint density at radius 3 is 2.47 bits per heavy atom. The van der Waals surface area contributed by atoms with Gasteiger partial charge in [-0.15, -0.1) is 0 Å². The molecule has 2 amide bonds. The molecule has 0 bridgehead atoms. The highest BCUT2D eigenvalue weighted by Gasteiger charge is 2.42. The van der Waals surface area contributed by atoms with E-state index in [-0.39, 0.29) is 11.8 Å². The summed E-state index contributed by atoms with van der Waals surface area (Å²) in [5.41, 5.74) is 4.02. The summed E-state index contributed by atoms with van der Waals surface area (Å²) >= 11 is 0. The highest BCUT2D eigenvalue weighted by Crippen LogP contribution is 2.38. The van der Waals surface area contributed by atoms with E-state index in [4.69, 9.17) is 4.74 Å². The molecule has 0 radical (unpaired) electrons. The van der Waals surface area contributed by atoms with Gasteiger partial charge in [0.15, 0.2) is 0 Å². The molecule has 32 heavy (non-hydrogen) atoms. The maximum atomic E-state index is 13.5. The molecule has 0 saturated carbocycles. The molecule has 0 atom stereocenters. The molecular weight excluding hydrogens is 400 g/mol. The summed E-state index contributed by atoms with van der Waals surface area (Å²) in [6, 6.07) is 15.8. The molecule has 2 aromatic carbocycles. The van der Waals surface area contributed by atoms with Gasteiger partial charge in [0, 0.05) is 18.8 Å². The molecule has 0 aliphatic carbocycles. The predicted molar refractivity (Wildman–Crippen MR) is 127 cm³/mol. The zero-order chi connectivity index (χ0) is 22.7. The van der Waals surface area contributed by atoms with Gasteiger partial charge in [-0.1, -0.05) is 57.5 Å². The zero-order valence-corrected chi connectivity index (χ0v) is 19.3. The van der Waals surface area contributed by atoms with E-state index >= 15 is 0 Å². The Kier molecular flexibility index (Phi) is 6.63. The van der Waals surface area contributed by atoms with Crippen LogP contribution in [0.2, 0.25) is 0 Å². The Bertz CT molecular complexity index is 1020. The van der Waals surface area contributed by atoms with Crippen LogP contribution in [0.5, 0.6) is 5.75 Å². The summed E-state index contributed by atoms with van der Waals surface area (Å²) in [7, 11) is 0. The number of hydrogen-bond donors (Lipinski definition) is 0. The summed E-state index contributed by atoms with van der Waals surface area (Å²) in [6.07, 6.45) is 3.66. The van der Waals surface area contributed by atoms with E-state index in [9.17, 15) is 9.59 Å². The number of para-hydroxylation sites is 1. The summed E-state index contributed by atoms with van der Waals surface area (Å²) in [5.74, 6) is 0.824. The third kappa shape index (κ3) is 4.29. The van der Waals surface area contributed by atoms with Crippen molar-refractivity contribution in [2.75, 3.05) is 24.6 Å². The van der Waals surface area contributed by atoms with Crippen LogP contribution in [0.4, 0.5) is 5.69 Å². The van der Waals surface area contributed by atoms with Gasteiger partial charge < -0.3 is 9.64 Å². The van der Waals surface area contributed by atoms with E-state index in [0.29, 0.717) is 30.3 Å². The van der Waals surface area contributed by atoms with Gasteiger partial charge in [-0.25, -0.2) is 0 Å². The Morgan fingerprint density at radius 1 is 1.00 bits per heavy atom. The number of imide groups is 1. The molecule has 0 aromatic heterocycles. The van der Waals surface area contributed by atoms with Crippen LogP contribution in [0.25, 0.3) is 5.57 Å². The van der Waals surface area contributed by atoms with Gasteiger partial charge in [-0.2, -0.15) is 0 Å². The first-order valence-electron chi connectivity index (χ1n) is 11.7. The number of anilines is 1. The lowest BCUT2D eigenvalue weighted by Crippen LogP contribution is -2.37. The first kappa shape index (κ1) is 22.1. The SMILES string of the molecule is CCCCN1C(=O)C(c2ccc(OCC(C)C)cc2)=C(N2CCCc3ccccc32)C1=O. The third-order valence-corrected chi connectivity index (χ3v) is 5.99. The zero-order valence-electron chi connectivity index (χ0n) is 19.3. The largest absolute Gasteiger partial charge is 0.493 e. The maximum absolute atomic E-state index is 13.5. The number of rotatable bonds is 8. The fraction of sp³-hybridized carbons (Fsp3) is 0.407. The number of unbranched alkanes of at least 4 members (excludes halogenated alkanes) is 1. The smallest absolute Gasteiger partial charge is 0.278 e. The Hall–Kier alpha value is -3.08. The van der Waals surface area contributed by atoms with E-state index in [1.165, 1.54) is 10.5 Å². The van der Waals surface area contributed by atoms with Gasteiger partial charge in [0.1, 0.15) is 11.4 Å². The van der Waals surface area contributed by atoms with Gasteiger partial charge in [-0.3, -0.25) is 14.5 Å². The Balaban J connectivity index is 1.75. The summed E-state index contributed by atoms with van der Waals surface area (Å²) in [4.78, 5) is 30.5. The number of ether oxygens (including phenoxy) is 1. The van der Waals surface area contributed by atoms with Crippen LogP contribution in [-0.2, 0) is 16.0 Å². The van der Waals surface area contributed by atoms with Gasteiger partial charge in [0.25, 0.3) is 11.8 Å². The van der Waals surface area contributed by atoms with Crippen LogP contribution < -0.4 is 9.64 Å². The highest BCUT2D eigenvalue weighted by molar-refractivity contribution is 6.36. The van der Waals surface area contributed by atoms with Crippen molar-refractivity contribution >= 4 is 23.1 Å². The molecule has 0 unspecified atom stereocenters. The normalized spacial score (nSPS) is 16.2. The molecule has 2 aliphatic heterocycles. The second kappa shape index (κ2) is 9.60. The van der Waals surface area contributed by atoms with Crippen LogP contribution in [0.3, 0.4) is 0 Å². The van der Waals surface area contributed by atoms with Crippen molar-refractivity contribution in [1.82, 2.24) is 4.90 Å². The highest BCUT2D eigenvalue weighted by atomic mass is 16.5. The quantitative estimate of drug-likeness (QED) is 0.548. The average molecular weight is 433 g/mol. The lowest BCUT2D eigenvalue weighted by molar-refractivity contribution is -0.136. The van der Waals surface area contributed by atoms with Crippen molar-refractivity contribution in [3.05, 3.63) is 65.4 Å². The Labute approximate surface area is 190 Å². The van der Waals surface area contributed by atoms with Crippen LogP contribution in [-0.4, -0.2) is 36.4 Å². The van der Waals surface area contributed by atoms with E-state index < -0.39 is 0 Å². The fourth-order valence-electron chi connectivity index (χ4n) is 4.34. The summed E-state index contributed by atoms with van der Waals surface area (Å²) in [6.45, 7) is 8.10. The monoisotopic (exact) mass is 432 g/mol. The van der Waals surface area contributed by atoms with Gasteiger partial charge in [0.05, 0.1) is 12.2 Å². The standard InChI is InChI=1S/C27H32N2O3/c1-4-5-16-29-26(30)24(21-12-14-22(15-13-21)32-18-19(2)3)25(27(29)31)28-17-8-10-20-9-6-7-11-23(20)28/h6-7,9,11-15,19H,4-5,8,10,16-18H2,1-3H3.